The number of aromatic nitrogens is 1. The Balaban J connectivity index is 2.10. The van der Waals surface area contributed by atoms with Gasteiger partial charge in [-0.2, -0.15) is 0 Å². The van der Waals surface area contributed by atoms with Crippen LogP contribution < -0.4 is 10.6 Å². The fourth-order valence-corrected chi connectivity index (χ4v) is 2.33. The minimum atomic E-state index is 0.0704. The number of anilines is 1. The van der Waals surface area contributed by atoms with Crippen molar-refractivity contribution in [3.8, 4) is 0 Å². The van der Waals surface area contributed by atoms with E-state index < -0.39 is 0 Å². The van der Waals surface area contributed by atoms with Crippen molar-refractivity contribution in [1.82, 2.24) is 4.98 Å². The molecule has 2 atom stereocenters. The van der Waals surface area contributed by atoms with E-state index in [1.807, 2.05) is 6.07 Å². The summed E-state index contributed by atoms with van der Waals surface area (Å²) in [5.41, 5.74) is 6.12. The van der Waals surface area contributed by atoms with E-state index in [9.17, 15) is 0 Å². The van der Waals surface area contributed by atoms with Crippen LogP contribution in [0.25, 0.3) is 0 Å². The molecule has 0 spiro atoms. The number of piperidine rings is 1. The zero-order valence-corrected chi connectivity index (χ0v) is 11.3. The second-order valence-electron chi connectivity index (χ2n) is 4.88. The number of oxime groups is 1. The number of methoxy groups -OCH3 is 1. The molecule has 2 unspecified atom stereocenters. The van der Waals surface area contributed by atoms with Gasteiger partial charge in [-0.1, -0.05) is 12.1 Å². The molecular weight excluding hydrogens is 244 g/mol. The molecule has 0 saturated carbocycles. The Morgan fingerprint density at radius 2 is 2.37 bits per heavy atom. The van der Waals surface area contributed by atoms with Gasteiger partial charge in [0.05, 0.1) is 6.10 Å². The van der Waals surface area contributed by atoms with Crippen LogP contribution in [0, 0.1) is 5.92 Å². The number of nitrogens with zero attached hydrogens (tertiary/aromatic N) is 3. The van der Waals surface area contributed by atoms with Gasteiger partial charge >= 0.3 is 0 Å². The first-order chi connectivity index (χ1) is 9.15. The van der Waals surface area contributed by atoms with E-state index in [1.54, 1.807) is 19.4 Å². The molecule has 0 amide bonds. The number of amidine groups is 1. The molecule has 104 valence electrons. The molecule has 2 heterocycles. The van der Waals surface area contributed by atoms with E-state index in [1.165, 1.54) is 0 Å². The zero-order valence-electron chi connectivity index (χ0n) is 11.3. The molecule has 0 aliphatic carbocycles. The Labute approximate surface area is 112 Å². The lowest BCUT2D eigenvalue weighted by molar-refractivity contribution is 0.0496. The van der Waals surface area contributed by atoms with Gasteiger partial charge < -0.3 is 20.6 Å². The number of ether oxygens (including phenoxy) is 1. The van der Waals surface area contributed by atoms with E-state index in [0.717, 1.165) is 25.3 Å². The topological polar surface area (TPSA) is 84.0 Å². The van der Waals surface area contributed by atoms with Crippen LogP contribution in [0.15, 0.2) is 23.5 Å². The number of nitrogens with two attached hydrogens (primary N) is 1. The lowest BCUT2D eigenvalue weighted by atomic mass is 9.96. The van der Waals surface area contributed by atoms with Gasteiger partial charge in [0.25, 0.3) is 0 Å². The molecule has 3 N–H and O–H groups in total. The molecule has 1 aliphatic heterocycles. The number of rotatable bonds is 3. The second kappa shape index (κ2) is 5.88. The summed E-state index contributed by atoms with van der Waals surface area (Å²) in [6.45, 7) is 4.02. The van der Waals surface area contributed by atoms with Crippen molar-refractivity contribution in [3.05, 3.63) is 23.9 Å². The predicted octanol–water partition coefficient (Wildman–Crippen LogP) is 1.04. The van der Waals surface area contributed by atoms with Crippen LogP contribution in [0.5, 0.6) is 0 Å². The van der Waals surface area contributed by atoms with Gasteiger partial charge in [0.1, 0.15) is 5.82 Å². The summed E-state index contributed by atoms with van der Waals surface area (Å²) >= 11 is 0. The third-order valence-corrected chi connectivity index (χ3v) is 3.67. The monoisotopic (exact) mass is 264 g/mol. The van der Waals surface area contributed by atoms with Crippen LogP contribution in [0.2, 0.25) is 0 Å². The highest BCUT2D eigenvalue weighted by atomic mass is 16.5. The number of hydrogen-bond acceptors (Lipinski definition) is 5. The van der Waals surface area contributed by atoms with E-state index >= 15 is 0 Å². The van der Waals surface area contributed by atoms with Crippen LogP contribution in [-0.2, 0) is 4.74 Å². The normalized spacial score (nSPS) is 24.5. The molecule has 1 fully saturated rings. The highest BCUT2D eigenvalue weighted by Crippen LogP contribution is 2.23. The summed E-state index contributed by atoms with van der Waals surface area (Å²) in [5.74, 6) is 1.53. The molecule has 19 heavy (non-hydrogen) atoms. The second-order valence-corrected chi connectivity index (χ2v) is 4.88. The number of hydrogen-bond donors (Lipinski definition) is 2. The molecule has 1 saturated heterocycles. The minimum absolute atomic E-state index is 0.0704. The maximum Gasteiger partial charge on any atom is 0.171 e. The van der Waals surface area contributed by atoms with Crippen LogP contribution in [0.1, 0.15) is 18.9 Å². The minimum Gasteiger partial charge on any atom is -0.409 e. The summed E-state index contributed by atoms with van der Waals surface area (Å²) in [7, 11) is 1.75. The smallest absolute Gasteiger partial charge is 0.171 e. The van der Waals surface area contributed by atoms with Crippen molar-refractivity contribution in [3.63, 3.8) is 0 Å². The molecular formula is C13H20N4O2. The summed E-state index contributed by atoms with van der Waals surface area (Å²) < 4.78 is 5.49. The molecule has 0 bridgehead atoms. The van der Waals surface area contributed by atoms with Crippen LogP contribution in [0.4, 0.5) is 5.82 Å². The van der Waals surface area contributed by atoms with Gasteiger partial charge in [-0.25, -0.2) is 4.98 Å². The molecule has 1 aromatic rings. The average molecular weight is 264 g/mol. The fraction of sp³-hybridized carbons (Fsp3) is 0.538. The van der Waals surface area contributed by atoms with Crippen molar-refractivity contribution in [2.45, 2.75) is 19.4 Å². The van der Waals surface area contributed by atoms with E-state index in [0.29, 0.717) is 11.5 Å². The summed E-state index contributed by atoms with van der Waals surface area (Å²) in [4.78, 5) is 6.56. The zero-order chi connectivity index (χ0) is 13.8. The van der Waals surface area contributed by atoms with Gasteiger partial charge in [-0.05, 0) is 24.5 Å². The van der Waals surface area contributed by atoms with Gasteiger partial charge in [0, 0.05) is 32.0 Å². The van der Waals surface area contributed by atoms with Crippen molar-refractivity contribution in [1.29, 1.82) is 0 Å². The van der Waals surface area contributed by atoms with Crippen molar-refractivity contribution >= 4 is 11.7 Å². The van der Waals surface area contributed by atoms with E-state index in [4.69, 9.17) is 15.7 Å². The number of pyridine rings is 1. The van der Waals surface area contributed by atoms with E-state index in [-0.39, 0.29) is 11.9 Å². The maximum atomic E-state index is 8.61. The highest BCUT2D eigenvalue weighted by Gasteiger charge is 2.26. The lowest BCUT2D eigenvalue weighted by Crippen LogP contribution is -2.44. The van der Waals surface area contributed by atoms with Gasteiger partial charge in [0.15, 0.2) is 5.84 Å². The van der Waals surface area contributed by atoms with Crippen LogP contribution in [0.3, 0.4) is 0 Å². The average Bonchev–Trinajstić information content (AvgIpc) is 2.47. The fourth-order valence-electron chi connectivity index (χ4n) is 2.33. The van der Waals surface area contributed by atoms with Crippen LogP contribution >= 0.6 is 0 Å². The SMILES string of the molecule is COC1CN(c2ccc(/C(N)=N/O)cn2)CCC1C. The summed E-state index contributed by atoms with van der Waals surface area (Å²) in [6, 6.07) is 3.69. The predicted molar refractivity (Wildman–Crippen MR) is 73.5 cm³/mol. The molecule has 0 aromatic carbocycles. The molecule has 2 rings (SSSR count). The highest BCUT2D eigenvalue weighted by molar-refractivity contribution is 5.96. The third kappa shape index (κ3) is 2.96. The Hall–Kier alpha value is -1.82. The maximum absolute atomic E-state index is 8.61. The van der Waals surface area contributed by atoms with Gasteiger partial charge in [0.2, 0.25) is 0 Å². The largest absolute Gasteiger partial charge is 0.409 e. The molecule has 0 radical (unpaired) electrons. The molecule has 1 aromatic heterocycles. The quantitative estimate of drug-likeness (QED) is 0.369. The molecule has 1 aliphatic rings. The first kappa shape index (κ1) is 13.6. The Bertz CT molecular complexity index is 446. The van der Waals surface area contributed by atoms with Crippen molar-refractivity contribution in [2.24, 2.45) is 16.8 Å². The van der Waals surface area contributed by atoms with Gasteiger partial charge in [-0.15, -0.1) is 0 Å². The van der Waals surface area contributed by atoms with Crippen molar-refractivity contribution < 1.29 is 9.94 Å². The first-order valence-corrected chi connectivity index (χ1v) is 6.37. The summed E-state index contributed by atoms with van der Waals surface area (Å²) in [5, 5.41) is 11.6. The van der Waals surface area contributed by atoms with Gasteiger partial charge in [-0.3, -0.25) is 0 Å². The Morgan fingerprint density at radius 3 is 2.95 bits per heavy atom. The third-order valence-electron chi connectivity index (χ3n) is 3.67. The standard InChI is InChI=1S/C13H20N4O2/c1-9-5-6-17(8-11(9)19-2)12-4-3-10(7-15-12)13(14)16-18/h3-4,7,9,11,18H,5-6,8H2,1-2H3,(H2,14,16). The van der Waals surface area contributed by atoms with Crippen LogP contribution in [-0.4, -0.2) is 42.3 Å². The van der Waals surface area contributed by atoms with E-state index in [2.05, 4.69) is 22.0 Å². The lowest BCUT2D eigenvalue weighted by Gasteiger charge is -2.36. The Morgan fingerprint density at radius 1 is 1.58 bits per heavy atom. The summed E-state index contributed by atoms with van der Waals surface area (Å²) in [6.07, 6.45) is 2.94. The van der Waals surface area contributed by atoms with Crippen molar-refractivity contribution in [2.75, 3.05) is 25.1 Å². The Kier molecular flexibility index (Phi) is 4.21. The first-order valence-electron chi connectivity index (χ1n) is 6.37. The molecule has 6 heteroatoms. The molecule has 6 nitrogen and oxygen atoms in total.